The molecule has 0 radical (unpaired) electrons. The zero-order chi connectivity index (χ0) is 16.7. The number of rotatable bonds is 8. The highest BCUT2D eigenvalue weighted by Crippen LogP contribution is 2.20. The third-order valence-electron chi connectivity index (χ3n) is 3.30. The van der Waals surface area contributed by atoms with Crippen molar-refractivity contribution in [1.82, 2.24) is 4.98 Å². The highest BCUT2D eigenvalue weighted by atomic mass is 16.5. The van der Waals surface area contributed by atoms with Gasteiger partial charge in [-0.25, -0.2) is 4.98 Å². The molecule has 0 aliphatic rings. The van der Waals surface area contributed by atoms with Crippen LogP contribution in [0.1, 0.15) is 43.1 Å². The number of carbonyl (C=O) groups is 1. The van der Waals surface area contributed by atoms with Gasteiger partial charge in [-0.15, -0.1) is 0 Å². The molecule has 0 atom stereocenters. The van der Waals surface area contributed by atoms with E-state index in [-0.39, 0.29) is 5.78 Å². The van der Waals surface area contributed by atoms with Crippen LogP contribution in [0, 0.1) is 5.92 Å². The topological polar surface area (TPSA) is 51.2 Å². The predicted octanol–water partition coefficient (Wildman–Crippen LogP) is 4.17. The number of benzene rings is 1. The minimum absolute atomic E-state index is 0.0497. The Bertz CT molecular complexity index is 653. The van der Waals surface area contributed by atoms with Crippen LogP contribution in [-0.4, -0.2) is 23.9 Å². The van der Waals surface area contributed by atoms with Crippen molar-refractivity contribution in [2.24, 2.45) is 5.92 Å². The Labute approximate surface area is 137 Å². The smallest absolute Gasteiger partial charge is 0.196 e. The van der Waals surface area contributed by atoms with Crippen LogP contribution in [0.3, 0.4) is 0 Å². The van der Waals surface area contributed by atoms with E-state index in [4.69, 9.17) is 4.74 Å². The van der Waals surface area contributed by atoms with E-state index in [1.165, 1.54) is 0 Å². The second-order valence-corrected chi connectivity index (χ2v) is 5.88. The van der Waals surface area contributed by atoms with Crippen LogP contribution < -0.4 is 10.1 Å². The number of nitrogens with zero attached hydrogens (tertiary/aromatic N) is 1. The van der Waals surface area contributed by atoms with Gasteiger partial charge in [0.15, 0.2) is 5.78 Å². The van der Waals surface area contributed by atoms with Gasteiger partial charge in [0.05, 0.1) is 12.2 Å². The van der Waals surface area contributed by atoms with E-state index in [2.05, 4.69) is 31.1 Å². The van der Waals surface area contributed by atoms with Gasteiger partial charge in [-0.3, -0.25) is 4.79 Å². The fourth-order valence-electron chi connectivity index (χ4n) is 2.13. The predicted molar refractivity (Wildman–Crippen MR) is 93.2 cm³/mol. The molecule has 1 aromatic carbocycles. The van der Waals surface area contributed by atoms with E-state index >= 15 is 0 Å². The summed E-state index contributed by atoms with van der Waals surface area (Å²) in [5, 5.41) is 3.25. The molecule has 0 saturated heterocycles. The highest BCUT2D eigenvalue weighted by Gasteiger charge is 2.15. The Morgan fingerprint density at radius 2 is 2.09 bits per heavy atom. The van der Waals surface area contributed by atoms with E-state index < -0.39 is 0 Å². The summed E-state index contributed by atoms with van der Waals surface area (Å²) in [6, 6.07) is 10.9. The maximum Gasteiger partial charge on any atom is 0.196 e. The number of ether oxygens (including phenoxy) is 1. The third kappa shape index (κ3) is 4.81. The summed E-state index contributed by atoms with van der Waals surface area (Å²) >= 11 is 0. The van der Waals surface area contributed by atoms with E-state index in [0.29, 0.717) is 29.5 Å². The number of pyridine rings is 1. The minimum Gasteiger partial charge on any atom is -0.494 e. The van der Waals surface area contributed by atoms with Gasteiger partial charge >= 0.3 is 0 Å². The van der Waals surface area contributed by atoms with Gasteiger partial charge in [-0.1, -0.05) is 32.9 Å². The van der Waals surface area contributed by atoms with E-state index in [1.54, 1.807) is 30.5 Å². The summed E-state index contributed by atoms with van der Waals surface area (Å²) in [5.41, 5.74) is 1.19. The lowest BCUT2D eigenvalue weighted by Gasteiger charge is -2.12. The van der Waals surface area contributed by atoms with E-state index in [1.807, 2.05) is 12.1 Å². The quantitative estimate of drug-likeness (QED) is 0.743. The molecule has 0 spiro atoms. The van der Waals surface area contributed by atoms with Crippen molar-refractivity contribution in [2.75, 3.05) is 18.5 Å². The second-order valence-electron chi connectivity index (χ2n) is 5.88. The summed E-state index contributed by atoms with van der Waals surface area (Å²) in [4.78, 5) is 17.1. The number of hydrogen-bond donors (Lipinski definition) is 1. The third-order valence-corrected chi connectivity index (χ3v) is 3.30. The standard InChI is InChI=1S/C19H24N2O2/c1-4-11-23-16-8-5-7-15(12-16)18(22)17-9-6-10-20-19(17)21-13-14(2)3/h5-10,12,14H,4,11,13H2,1-3H3,(H,20,21). The first-order valence-electron chi connectivity index (χ1n) is 8.08. The van der Waals surface area contributed by atoms with Crippen molar-refractivity contribution >= 4 is 11.6 Å². The summed E-state index contributed by atoms with van der Waals surface area (Å²) in [6.45, 7) is 7.71. The summed E-state index contributed by atoms with van der Waals surface area (Å²) < 4.78 is 5.61. The van der Waals surface area contributed by atoms with Crippen LogP contribution in [0.15, 0.2) is 42.6 Å². The van der Waals surface area contributed by atoms with Crippen LogP contribution in [0.2, 0.25) is 0 Å². The summed E-state index contributed by atoms with van der Waals surface area (Å²) in [6.07, 6.45) is 2.63. The van der Waals surface area contributed by atoms with Crippen LogP contribution in [0.5, 0.6) is 5.75 Å². The molecule has 1 N–H and O–H groups in total. The Hall–Kier alpha value is -2.36. The first-order valence-corrected chi connectivity index (χ1v) is 8.08. The molecule has 23 heavy (non-hydrogen) atoms. The molecule has 2 aromatic rings. The SMILES string of the molecule is CCCOc1cccc(C(=O)c2cccnc2NCC(C)C)c1. The van der Waals surface area contributed by atoms with Gasteiger partial charge in [-0.2, -0.15) is 0 Å². The maximum atomic E-state index is 12.8. The van der Waals surface area contributed by atoms with E-state index in [0.717, 1.165) is 18.7 Å². The molecule has 0 bridgehead atoms. The molecular weight excluding hydrogens is 288 g/mol. The maximum absolute atomic E-state index is 12.8. The number of nitrogens with one attached hydrogen (secondary N) is 1. The van der Waals surface area contributed by atoms with Crippen LogP contribution in [-0.2, 0) is 0 Å². The monoisotopic (exact) mass is 312 g/mol. The van der Waals surface area contributed by atoms with Gasteiger partial charge in [-0.05, 0) is 36.6 Å². The lowest BCUT2D eigenvalue weighted by Crippen LogP contribution is -2.13. The van der Waals surface area contributed by atoms with Crippen molar-refractivity contribution in [1.29, 1.82) is 0 Å². The largest absolute Gasteiger partial charge is 0.494 e. The molecule has 0 aliphatic carbocycles. The minimum atomic E-state index is -0.0497. The second kappa shape index (κ2) is 8.32. The molecule has 1 aromatic heterocycles. The molecule has 0 saturated carbocycles. The molecule has 0 amide bonds. The van der Waals surface area contributed by atoms with Crippen molar-refractivity contribution in [2.45, 2.75) is 27.2 Å². The Kier molecular flexibility index (Phi) is 6.15. The lowest BCUT2D eigenvalue weighted by atomic mass is 10.0. The zero-order valence-corrected chi connectivity index (χ0v) is 14.0. The van der Waals surface area contributed by atoms with E-state index in [9.17, 15) is 4.79 Å². The van der Waals surface area contributed by atoms with Gasteiger partial charge in [0.2, 0.25) is 0 Å². The van der Waals surface area contributed by atoms with Crippen LogP contribution in [0.4, 0.5) is 5.82 Å². The zero-order valence-electron chi connectivity index (χ0n) is 14.0. The number of carbonyl (C=O) groups excluding carboxylic acids is 1. The van der Waals surface area contributed by atoms with Crippen molar-refractivity contribution in [3.8, 4) is 5.75 Å². The number of hydrogen-bond acceptors (Lipinski definition) is 4. The molecule has 0 unspecified atom stereocenters. The van der Waals surface area contributed by atoms with Crippen LogP contribution in [0.25, 0.3) is 0 Å². The van der Waals surface area contributed by atoms with Crippen molar-refractivity contribution < 1.29 is 9.53 Å². The summed E-state index contributed by atoms with van der Waals surface area (Å²) in [7, 11) is 0. The molecular formula is C19H24N2O2. The molecule has 4 heteroatoms. The molecule has 0 aliphatic heterocycles. The first kappa shape index (κ1) is 17.0. The fraction of sp³-hybridized carbons (Fsp3) is 0.368. The van der Waals surface area contributed by atoms with Crippen molar-refractivity contribution in [3.05, 3.63) is 53.7 Å². The number of ketones is 1. The van der Waals surface area contributed by atoms with Gasteiger partial charge < -0.3 is 10.1 Å². The average molecular weight is 312 g/mol. The fourth-order valence-corrected chi connectivity index (χ4v) is 2.13. The number of anilines is 1. The molecule has 1 heterocycles. The normalized spacial score (nSPS) is 10.6. The Morgan fingerprint density at radius 3 is 2.83 bits per heavy atom. The Balaban J connectivity index is 2.23. The number of aromatic nitrogens is 1. The molecule has 4 nitrogen and oxygen atoms in total. The molecule has 2 rings (SSSR count). The van der Waals surface area contributed by atoms with Crippen LogP contribution >= 0.6 is 0 Å². The van der Waals surface area contributed by atoms with Gasteiger partial charge in [0, 0.05) is 18.3 Å². The Morgan fingerprint density at radius 1 is 1.26 bits per heavy atom. The first-order chi connectivity index (χ1) is 11.1. The average Bonchev–Trinajstić information content (AvgIpc) is 2.58. The molecule has 122 valence electrons. The highest BCUT2D eigenvalue weighted by molar-refractivity contribution is 6.12. The summed E-state index contributed by atoms with van der Waals surface area (Å²) in [5.74, 6) is 1.78. The van der Waals surface area contributed by atoms with Crippen molar-refractivity contribution in [3.63, 3.8) is 0 Å². The molecule has 0 fully saturated rings. The lowest BCUT2D eigenvalue weighted by molar-refractivity contribution is 0.103. The van der Waals surface area contributed by atoms with Gasteiger partial charge in [0.25, 0.3) is 0 Å². The van der Waals surface area contributed by atoms with Gasteiger partial charge in [0.1, 0.15) is 11.6 Å².